The van der Waals surface area contributed by atoms with E-state index in [2.05, 4.69) is 20.9 Å². The number of carbonyl (C=O) groups is 1. The van der Waals surface area contributed by atoms with Crippen molar-refractivity contribution in [3.05, 3.63) is 57.7 Å². The maximum absolute atomic E-state index is 12.0. The van der Waals surface area contributed by atoms with Gasteiger partial charge in [0.15, 0.2) is 0 Å². The molecular formula is C15H11BrN2O3S. The molecule has 0 fully saturated rings. The van der Waals surface area contributed by atoms with E-state index in [9.17, 15) is 4.79 Å². The van der Waals surface area contributed by atoms with Gasteiger partial charge in [-0.05, 0) is 29.6 Å². The lowest BCUT2D eigenvalue weighted by atomic mass is 10.2. The van der Waals surface area contributed by atoms with Crippen molar-refractivity contribution in [1.29, 1.82) is 0 Å². The zero-order chi connectivity index (χ0) is 15.5. The summed E-state index contributed by atoms with van der Waals surface area (Å²) in [5.74, 6) is 0.0162. The molecule has 1 aromatic carbocycles. The molecule has 0 aliphatic carbocycles. The number of oxazole rings is 1. The third-order valence-corrected chi connectivity index (χ3v) is 4.22. The highest BCUT2D eigenvalue weighted by Gasteiger charge is 2.14. The van der Waals surface area contributed by atoms with Crippen LogP contribution in [0.1, 0.15) is 16.1 Å². The minimum Gasteiger partial charge on any atom is -0.455 e. The van der Waals surface area contributed by atoms with E-state index in [0.717, 1.165) is 9.35 Å². The van der Waals surface area contributed by atoms with Gasteiger partial charge < -0.3 is 14.9 Å². The van der Waals surface area contributed by atoms with Gasteiger partial charge in [-0.3, -0.25) is 0 Å². The van der Waals surface area contributed by atoms with Crippen LogP contribution in [-0.4, -0.2) is 11.0 Å². The largest absolute Gasteiger partial charge is 0.455 e. The predicted molar refractivity (Wildman–Crippen MR) is 87.5 cm³/mol. The lowest BCUT2D eigenvalue weighted by molar-refractivity contribution is 0.0469. The van der Waals surface area contributed by atoms with E-state index < -0.39 is 5.97 Å². The fraction of sp³-hybridized carbons (Fsp3) is 0.0667. The average Bonchev–Trinajstić information content (AvgIpc) is 3.17. The summed E-state index contributed by atoms with van der Waals surface area (Å²) in [6, 6.07) is 8.86. The summed E-state index contributed by atoms with van der Waals surface area (Å²) in [6.07, 6.45) is 1.48. The normalized spacial score (nSPS) is 10.6. The van der Waals surface area contributed by atoms with Crippen LogP contribution in [0, 0.1) is 0 Å². The van der Waals surface area contributed by atoms with Crippen LogP contribution in [0.5, 0.6) is 0 Å². The van der Waals surface area contributed by atoms with Gasteiger partial charge >= 0.3 is 5.97 Å². The second kappa shape index (κ2) is 6.33. The van der Waals surface area contributed by atoms with Gasteiger partial charge in [-0.15, -0.1) is 11.3 Å². The fourth-order valence-electron chi connectivity index (χ4n) is 1.81. The molecule has 0 unspecified atom stereocenters. The third-order valence-electron chi connectivity index (χ3n) is 2.87. The first-order valence-electron chi connectivity index (χ1n) is 6.34. The molecule has 2 heterocycles. The Morgan fingerprint density at radius 1 is 1.41 bits per heavy atom. The number of esters is 1. The van der Waals surface area contributed by atoms with Gasteiger partial charge in [0.2, 0.25) is 5.89 Å². The van der Waals surface area contributed by atoms with Crippen LogP contribution in [0.2, 0.25) is 0 Å². The van der Waals surface area contributed by atoms with E-state index in [4.69, 9.17) is 14.9 Å². The first-order valence-corrected chi connectivity index (χ1v) is 8.01. The molecule has 22 heavy (non-hydrogen) atoms. The highest BCUT2D eigenvalue weighted by molar-refractivity contribution is 9.10. The predicted octanol–water partition coefficient (Wildman–Crippen LogP) is 4.10. The number of benzene rings is 1. The summed E-state index contributed by atoms with van der Waals surface area (Å²) >= 11 is 4.82. The molecule has 112 valence electrons. The number of halogens is 1. The molecule has 2 aromatic heterocycles. The van der Waals surface area contributed by atoms with Gasteiger partial charge in [-0.1, -0.05) is 22.0 Å². The van der Waals surface area contributed by atoms with Gasteiger partial charge in [0.1, 0.15) is 18.6 Å². The summed E-state index contributed by atoms with van der Waals surface area (Å²) in [7, 11) is 0. The topological polar surface area (TPSA) is 78.4 Å². The van der Waals surface area contributed by atoms with Crippen molar-refractivity contribution in [3.63, 3.8) is 0 Å². The van der Waals surface area contributed by atoms with E-state index in [0.29, 0.717) is 22.8 Å². The molecule has 2 N–H and O–H groups in total. The standard InChI is InChI=1S/C15H11BrN2O3S/c16-9-3-4-12(17)11(6-9)15(19)21-8-10-7-20-14(18-10)13-2-1-5-22-13/h1-7H,8,17H2. The summed E-state index contributed by atoms with van der Waals surface area (Å²) in [6.45, 7) is 0.0274. The minimum absolute atomic E-state index is 0.0274. The molecule has 0 radical (unpaired) electrons. The molecule has 0 spiro atoms. The maximum Gasteiger partial charge on any atom is 0.340 e. The SMILES string of the molecule is Nc1ccc(Br)cc1C(=O)OCc1coc(-c2cccs2)n1. The number of nitrogens with two attached hydrogens (primary N) is 1. The van der Waals surface area contributed by atoms with Crippen molar-refractivity contribution >= 4 is 38.9 Å². The Labute approximate surface area is 138 Å². The second-order valence-corrected chi connectivity index (χ2v) is 6.29. The number of hydrogen-bond donors (Lipinski definition) is 1. The van der Waals surface area contributed by atoms with Gasteiger partial charge in [0, 0.05) is 10.2 Å². The van der Waals surface area contributed by atoms with E-state index in [-0.39, 0.29) is 6.61 Å². The number of rotatable bonds is 4. The summed E-state index contributed by atoms with van der Waals surface area (Å²) in [4.78, 5) is 17.3. The van der Waals surface area contributed by atoms with Crippen LogP contribution in [0.3, 0.4) is 0 Å². The van der Waals surface area contributed by atoms with Crippen LogP contribution in [0.15, 0.2) is 50.9 Å². The monoisotopic (exact) mass is 378 g/mol. The third kappa shape index (κ3) is 3.20. The average molecular weight is 379 g/mol. The van der Waals surface area contributed by atoms with Crippen molar-refractivity contribution < 1.29 is 13.9 Å². The Bertz CT molecular complexity index is 799. The molecule has 0 bridgehead atoms. The Hall–Kier alpha value is -2.12. The summed E-state index contributed by atoms with van der Waals surface area (Å²) < 4.78 is 11.3. The highest BCUT2D eigenvalue weighted by atomic mass is 79.9. The van der Waals surface area contributed by atoms with Crippen LogP contribution in [-0.2, 0) is 11.3 Å². The van der Waals surface area contributed by atoms with Gasteiger partial charge in [0.05, 0.1) is 10.4 Å². The number of carbonyl (C=O) groups excluding carboxylic acids is 1. The summed E-state index contributed by atoms with van der Waals surface area (Å²) in [5, 5.41) is 1.94. The molecule has 3 aromatic rings. The van der Waals surface area contributed by atoms with E-state index in [1.807, 2.05) is 17.5 Å². The molecule has 0 atom stereocenters. The zero-order valence-corrected chi connectivity index (χ0v) is 13.7. The number of nitrogens with zero attached hydrogens (tertiary/aromatic N) is 1. The number of aromatic nitrogens is 1. The maximum atomic E-state index is 12.0. The Balaban J connectivity index is 1.67. The van der Waals surface area contributed by atoms with Crippen LogP contribution >= 0.6 is 27.3 Å². The number of hydrogen-bond acceptors (Lipinski definition) is 6. The van der Waals surface area contributed by atoms with Crippen molar-refractivity contribution in [2.45, 2.75) is 6.61 Å². The minimum atomic E-state index is -0.500. The molecular weight excluding hydrogens is 368 g/mol. The van der Waals surface area contributed by atoms with E-state index in [1.165, 1.54) is 17.6 Å². The molecule has 0 amide bonds. The quantitative estimate of drug-likeness (QED) is 0.545. The van der Waals surface area contributed by atoms with Crippen molar-refractivity contribution in [2.75, 3.05) is 5.73 Å². The lowest BCUT2D eigenvalue weighted by Crippen LogP contribution is -2.08. The number of thiophene rings is 1. The Kier molecular flexibility index (Phi) is 4.26. The number of ether oxygens (including phenoxy) is 1. The zero-order valence-electron chi connectivity index (χ0n) is 11.3. The molecule has 5 nitrogen and oxygen atoms in total. The van der Waals surface area contributed by atoms with Gasteiger partial charge in [-0.2, -0.15) is 0 Å². The number of nitrogen functional groups attached to an aromatic ring is 1. The molecule has 0 saturated heterocycles. The first-order chi connectivity index (χ1) is 10.6. The fourth-order valence-corrected chi connectivity index (χ4v) is 2.83. The lowest BCUT2D eigenvalue weighted by Gasteiger charge is -2.06. The van der Waals surface area contributed by atoms with E-state index >= 15 is 0 Å². The Morgan fingerprint density at radius 2 is 2.27 bits per heavy atom. The highest BCUT2D eigenvalue weighted by Crippen LogP contribution is 2.24. The number of anilines is 1. The first kappa shape index (κ1) is 14.8. The van der Waals surface area contributed by atoms with E-state index in [1.54, 1.807) is 18.2 Å². The van der Waals surface area contributed by atoms with Crippen LogP contribution < -0.4 is 5.73 Å². The van der Waals surface area contributed by atoms with Crippen molar-refractivity contribution in [2.24, 2.45) is 0 Å². The van der Waals surface area contributed by atoms with Crippen molar-refractivity contribution in [1.82, 2.24) is 4.98 Å². The second-order valence-electron chi connectivity index (χ2n) is 4.43. The Morgan fingerprint density at radius 3 is 3.05 bits per heavy atom. The van der Waals surface area contributed by atoms with Crippen molar-refractivity contribution in [3.8, 4) is 10.8 Å². The van der Waals surface area contributed by atoms with Crippen LogP contribution in [0.4, 0.5) is 5.69 Å². The molecule has 0 aliphatic rings. The molecule has 3 rings (SSSR count). The molecule has 0 saturated carbocycles. The van der Waals surface area contributed by atoms with Crippen LogP contribution in [0.25, 0.3) is 10.8 Å². The van der Waals surface area contributed by atoms with Gasteiger partial charge in [-0.25, -0.2) is 9.78 Å². The van der Waals surface area contributed by atoms with Gasteiger partial charge in [0.25, 0.3) is 0 Å². The smallest absolute Gasteiger partial charge is 0.340 e. The summed E-state index contributed by atoms with van der Waals surface area (Å²) in [5.41, 5.74) is 7.00. The molecule has 7 heteroatoms. The molecule has 0 aliphatic heterocycles.